The summed E-state index contributed by atoms with van der Waals surface area (Å²) in [5, 5.41) is 11.4. The van der Waals surface area contributed by atoms with Crippen molar-refractivity contribution in [3.05, 3.63) is 24.0 Å². The van der Waals surface area contributed by atoms with E-state index in [0.29, 0.717) is 5.69 Å². The number of hydrogen-bond acceptors (Lipinski definition) is 3. The van der Waals surface area contributed by atoms with Gasteiger partial charge in [-0.15, -0.1) is 0 Å². The summed E-state index contributed by atoms with van der Waals surface area (Å²) in [5.41, 5.74) is 0.580. The Labute approximate surface area is 98.9 Å². The molecule has 1 heterocycles. The number of aromatic nitrogens is 1. The summed E-state index contributed by atoms with van der Waals surface area (Å²) in [6, 6.07) is 2.92. The lowest BCUT2D eigenvalue weighted by Gasteiger charge is -2.06. The maximum Gasteiger partial charge on any atom is 0.354 e. The Morgan fingerprint density at radius 2 is 2.12 bits per heavy atom. The van der Waals surface area contributed by atoms with E-state index in [-0.39, 0.29) is 22.9 Å². The van der Waals surface area contributed by atoms with E-state index in [1.807, 2.05) is 13.8 Å². The molecule has 1 unspecified atom stereocenters. The Morgan fingerprint density at radius 3 is 2.53 bits per heavy atom. The minimum absolute atomic E-state index is 0.0279. The van der Waals surface area contributed by atoms with E-state index in [0.717, 1.165) is 6.42 Å². The molecular weight excluding hydrogens is 220 g/mol. The van der Waals surface area contributed by atoms with Crippen LogP contribution in [0.1, 0.15) is 30.8 Å². The fourth-order valence-electron chi connectivity index (χ4n) is 1.74. The molecule has 1 saturated carbocycles. The van der Waals surface area contributed by atoms with Gasteiger partial charge in [0.05, 0.1) is 11.9 Å². The molecule has 1 aromatic heterocycles. The van der Waals surface area contributed by atoms with Crippen LogP contribution in [0, 0.1) is 11.3 Å². The van der Waals surface area contributed by atoms with Crippen LogP contribution in [0.4, 0.5) is 5.69 Å². The van der Waals surface area contributed by atoms with Gasteiger partial charge in [-0.3, -0.25) is 4.79 Å². The average molecular weight is 234 g/mol. The quantitative estimate of drug-likeness (QED) is 0.835. The Bertz CT molecular complexity index is 465. The van der Waals surface area contributed by atoms with Crippen LogP contribution in [0.3, 0.4) is 0 Å². The number of rotatable bonds is 3. The number of carbonyl (C=O) groups is 2. The van der Waals surface area contributed by atoms with Crippen LogP contribution in [-0.4, -0.2) is 22.0 Å². The standard InChI is InChI=1S/C12H14N2O3/c1-12(2)5-8(12)10(15)14-7-3-4-9(11(16)17)13-6-7/h3-4,6,8H,5H2,1-2H3,(H,14,15)(H,16,17). The monoisotopic (exact) mass is 234 g/mol. The highest BCUT2D eigenvalue weighted by Crippen LogP contribution is 2.51. The molecule has 0 radical (unpaired) electrons. The van der Waals surface area contributed by atoms with Crippen LogP contribution in [0.25, 0.3) is 0 Å². The number of amides is 1. The van der Waals surface area contributed by atoms with Gasteiger partial charge in [0.25, 0.3) is 0 Å². The Hall–Kier alpha value is -1.91. The predicted octanol–water partition coefficient (Wildman–Crippen LogP) is 1.76. The zero-order valence-corrected chi connectivity index (χ0v) is 9.73. The van der Waals surface area contributed by atoms with E-state index in [4.69, 9.17) is 5.11 Å². The van der Waals surface area contributed by atoms with E-state index in [2.05, 4.69) is 10.3 Å². The number of carbonyl (C=O) groups excluding carboxylic acids is 1. The highest BCUT2D eigenvalue weighted by atomic mass is 16.4. The SMILES string of the molecule is CC1(C)CC1C(=O)Nc1ccc(C(=O)O)nc1. The van der Waals surface area contributed by atoms with Crippen molar-refractivity contribution < 1.29 is 14.7 Å². The summed E-state index contributed by atoms with van der Waals surface area (Å²) in [5.74, 6) is -1.06. The van der Waals surface area contributed by atoms with Gasteiger partial charge in [-0.2, -0.15) is 0 Å². The Balaban J connectivity index is 2.00. The van der Waals surface area contributed by atoms with Gasteiger partial charge in [-0.05, 0) is 24.0 Å². The second kappa shape index (κ2) is 3.84. The number of hydrogen-bond donors (Lipinski definition) is 2. The first-order valence-electron chi connectivity index (χ1n) is 5.40. The predicted molar refractivity (Wildman–Crippen MR) is 61.7 cm³/mol. The summed E-state index contributed by atoms with van der Waals surface area (Å²) in [6.07, 6.45) is 2.25. The van der Waals surface area contributed by atoms with Crippen LogP contribution in [0.5, 0.6) is 0 Å². The second-order valence-electron chi connectivity index (χ2n) is 4.97. The second-order valence-corrected chi connectivity index (χ2v) is 4.97. The normalized spacial score (nSPS) is 20.7. The molecule has 0 bridgehead atoms. The van der Waals surface area contributed by atoms with Crippen molar-refractivity contribution in [1.29, 1.82) is 0 Å². The molecule has 1 amide bonds. The number of carboxylic acid groups (broad SMARTS) is 1. The zero-order valence-electron chi connectivity index (χ0n) is 9.73. The molecule has 1 atom stereocenters. The molecule has 5 heteroatoms. The highest BCUT2D eigenvalue weighted by molar-refractivity contribution is 5.95. The largest absolute Gasteiger partial charge is 0.477 e. The fraction of sp³-hybridized carbons (Fsp3) is 0.417. The smallest absolute Gasteiger partial charge is 0.354 e. The average Bonchev–Trinajstić information content (AvgIpc) is 2.89. The topological polar surface area (TPSA) is 79.3 Å². The minimum atomic E-state index is -1.08. The van der Waals surface area contributed by atoms with E-state index < -0.39 is 5.97 Å². The lowest BCUT2D eigenvalue weighted by Crippen LogP contribution is -2.16. The molecule has 0 saturated heterocycles. The maximum atomic E-state index is 11.8. The third-order valence-electron chi connectivity index (χ3n) is 3.08. The number of pyridine rings is 1. The first-order valence-corrected chi connectivity index (χ1v) is 5.40. The minimum Gasteiger partial charge on any atom is -0.477 e. The van der Waals surface area contributed by atoms with Crippen LogP contribution in [0.2, 0.25) is 0 Å². The maximum absolute atomic E-state index is 11.8. The van der Waals surface area contributed by atoms with Gasteiger partial charge in [0.15, 0.2) is 0 Å². The van der Waals surface area contributed by atoms with Crippen molar-refractivity contribution in [3.8, 4) is 0 Å². The molecule has 5 nitrogen and oxygen atoms in total. The van der Waals surface area contributed by atoms with Gasteiger partial charge in [-0.1, -0.05) is 13.8 Å². The summed E-state index contributed by atoms with van der Waals surface area (Å²) in [4.78, 5) is 26.1. The molecule has 1 aliphatic carbocycles. The van der Waals surface area contributed by atoms with Crippen LogP contribution in [0.15, 0.2) is 18.3 Å². The molecule has 2 rings (SSSR count). The first-order chi connectivity index (χ1) is 7.90. The summed E-state index contributed by atoms with van der Waals surface area (Å²) < 4.78 is 0. The lowest BCUT2D eigenvalue weighted by atomic mass is 10.1. The molecule has 2 N–H and O–H groups in total. The summed E-state index contributed by atoms with van der Waals surface area (Å²) in [6.45, 7) is 4.09. The molecule has 90 valence electrons. The van der Waals surface area contributed by atoms with Crippen molar-refractivity contribution in [2.24, 2.45) is 11.3 Å². The van der Waals surface area contributed by atoms with Gasteiger partial charge in [-0.25, -0.2) is 9.78 Å². The van der Waals surface area contributed by atoms with Gasteiger partial charge >= 0.3 is 5.97 Å². The van der Waals surface area contributed by atoms with Crippen LogP contribution in [-0.2, 0) is 4.79 Å². The summed E-state index contributed by atoms with van der Waals surface area (Å²) >= 11 is 0. The van der Waals surface area contributed by atoms with Crippen molar-refractivity contribution >= 4 is 17.6 Å². The Morgan fingerprint density at radius 1 is 1.47 bits per heavy atom. The van der Waals surface area contributed by atoms with Crippen LogP contribution >= 0.6 is 0 Å². The Kier molecular flexibility index (Phi) is 2.61. The van der Waals surface area contributed by atoms with Crippen LogP contribution < -0.4 is 5.32 Å². The molecular formula is C12H14N2O3. The zero-order chi connectivity index (χ0) is 12.6. The van der Waals surface area contributed by atoms with Gasteiger partial charge in [0.1, 0.15) is 5.69 Å². The number of carboxylic acids is 1. The van der Waals surface area contributed by atoms with Crippen molar-refractivity contribution in [3.63, 3.8) is 0 Å². The summed E-state index contributed by atoms with van der Waals surface area (Å²) in [7, 11) is 0. The molecule has 1 aliphatic rings. The van der Waals surface area contributed by atoms with Crippen molar-refractivity contribution in [2.75, 3.05) is 5.32 Å². The highest BCUT2D eigenvalue weighted by Gasteiger charge is 2.50. The molecule has 17 heavy (non-hydrogen) atoms. The van der Waals surface area contributed by atoms with Gasteiger partial charge in [0.2, 0.25) is 5.91 Å². The van der Waals surface area contributed by atoms with Crippen molar-refractivity contribution in [1.82, 2.24) is 4.98 Å². The molecule has 0 spiro atoms. The third-order valence-corrected chi connectivity index (χ3v) is 3.08. The molecule has 1 fully saturated rings. The third kappa shape index (κ3) is 2.43. The number of nitrogens with zero attached hydrogens (tertiary/aromatic N) is 1. The van der Waals surface area contributed by atoms with E-state index in [1.165, 1.54) is 12.3 Å². The molecule has 1 aromatic rings. The first kappa shape index (κ1) is 11.6. The van der Waals surface area contributed by atoms with E-state index >= 15 is 0 Å². The fourth-order valence-corrected chi connectivity index (χ4v) is 1.74. The molecule has 0 aliphatic heterocycles. The number of anilines is 1. The number of aromatic carboxylic acids is 1. The van der Waals surface area contributed by atoms with Gasteiger partial charge < -0.3 is 10.4 Å². The van der Waals surface area contributed by atoms with E-state index in [1.54, 1.807) is 6.07 Å². The number of nitrogens with one attached hydrogen (secondary N) is 1. The molecule has 0 aromatic carbocycles. The van der Waals surface area contributed by atoms with Gasteiger partial charge in [0, 0.05) is 5.92 Å². The van der Waals surface area contributed by atoms with E-state index in [9.17, 15) is 9.59 Å². The van der Waals surface area contributed by atoms with Crippen molar-refractivity contribution in [2.45, 2.75) is 20.3 Å². The lowest BCUT2D eigenvalue weighted by molar-refractivity contribution is -0.118.